The van der Waals surface area contributed by atoms with Crippen LogP contribution in [0, 0.1) is 0 Å². The topological polar surface area (TPSA) is 51.2 Å². The molecule has 6 heteroatoms. The third kappa shape index (κ3) is 2.28. The number of halogens is 3. The number of alkyl halides is 3. The van der Waals surface area contributed by atoms with Crippen molar-refractivity contribution < 1.29 is 27.6 Å². The van der Waals surface area contributed by atoms with Gasteiger partial charge in [0.05, 0.1) is 5.56 Å². The van der Waals surface area contributed by atoms with Crippen molar-refractivity contribution >= 4 is 17.3 Å². The third-order valence-corrected chi connectivity index (χ3v) is 3.81. The minimum atomic E-state index is -4.74. The first kappa shape index (κ1) is 15.4. The maximum Gasteiger partial charge on any atom is 0.416 e. The molecule has 21 heavy (non-hydrogen) atoms. The maximum atomic E-state index is 13.2. The first-order chi connectivity index (χ1) is 9.72. The Hall–Kier alpha value is -1.98. The van der Waals surface area contributed by atoms with Crippen molar-refractivity contribution in [3.8, 4) is 0 Å². The Balaban J connectivity index is 2.79. The number of benzene rings is 1. The fourth-order valence-corrected chi connectivity index (χ4v) is 2.88. The van der Waals surface area contributed by atoms with Gasteiger partial charge in [0.25, 0.3) is 0 Å². The minimum Gasteiger partial charge on any atom is -0.298 e. The van der Waals surface area contributed by atoms with Gasteiger partial charge in [0.1, 0.15) is 0 Å². The molecule has 0 saturated heterocycles. The Kier molecular flexibility index (Phi) is 3.74. The molecule has 0 N–H and O–H groups in total. The van der Waals surface area contributed by atoms with E-state index in [-0.39, 0.29) is 19.3 Å². The summed E-state index contributed by atoms with van der Waals surface area (Å²) in [5, 5.41) is 0. The molecule has 0 atom stereocenters. The van der Waals surface area contributed by atoms with Crippen molar-refractivity contribution in [3.05, 3.63) is 35.4 Å². The van der Waals surface area contributed by atoms with E-state index in [0.717, 1.165) is 25.1 Å². The Bertz CT molecular complexity index is 601. The van der Waals surface area contributed by atoms with Crippen molar-refractivity contribution in [2.75, 3.05) is 0 Å². The highest BCUT2D eigenvalue weighted by Gasteiger charge is 2.55. The molecule has 0 unspecified atom stereocenters. The van der Waals surface area contributed by atoms with Gasteiger partial charge in [0, 0.05) is 12.8 Å². The van der Waals surface area contributed by atoms with Gasteiger partial charge in [-0.1, -0.05) is 18.2 Å². The Morgan fingerprint density at radius 2 is 1.62 bits per heavy atom. The summed E-state index contributed by atoms with van der Waals surface area (Å²) < 4.78 is 39.5. The van der Waals surface area contributed by atoms with Gasteiger partial charge in [-0.3, -0.25) is 14.4 Å². The molecule has 0 aliphatic heterocycles. The second kappa shape index (κ2) is 5.09. The molecule has 1 aromatic rings. The highest BCUT2D eigenvalue weighted by Crippen LogP contribution is 2.42. The van der Waals surface area contributed by atoms with Crippen LogP contribution < -0.4 is 0 Å². The van der Waals surface area contributed by atoms with E-state index in [9.17, 15) is 27.6 Å². The first-order valence-electron chi connectivity index (χ1n) is 6.46. The van der Waals surface area contributed by atoms with Gasteiger partial charge >= 0.3 is 6.18 Å². The lowest BCUT2D eigenvalue weighted by Gasteiger charge is -2.34. The summed E-state index contributed by atoms with van der Waals surface area (Å²) in [4.78, 5) is 36.5. The van der Waals surface area contributed by atoms with E-state index in [4.69, 9.17) is 0 Å². The normalized spacial score (nSPS) is 18.7. The quantitative estimate of drug-likeness (QED) is 0.789. The molecule has 0 aromatic heterocycles. The fourth-order valence-electron chi connectivity index (χ4n) is 2.88. The second-order valence-electron chi connectivity index (χ2n) is 5.05. The third-order valence-electron chi connectivity index (χ3n) is 3.81. The molecule has 0 radical (unpaired) electrons. The van der Waals surface area contributed by atoms with Gasteiger partial charge in [-0.15, -0.1) is 0 Å². The van der Waals surface area contributed by atoms with E-state index in [0.29, 0.717) is 0 Å². The number of ketones is 3. The Morgan fingerprint density at radius 3 is 2.10 bits per heavy atom. The van der Waals surface area contributed by atoms with Gasteiger partial charge in [-0.05, 0) is 25.0 Å². The molecule has 1 aliphatic rings. The molecule has 0 amide bonds. The van der Waals surface area contributed by atoms with Gasteiger partial charge in [0.2, 0.25) is 0 Å². The van der Waals surface area contributed by atoms with E-state index in [1.807, 2.05) is 0 Å². The molecule has 3 nitrogen and oxygen atoms in total. The molecule has 112 valence electrons. The van der Waals surface area contributed by atoms with Crippen LogP contribution in [0.4, 0.5) is 13.2 Å². The molecule has 1 aliphatic carbocycles. The summed E-state index contributed by atoms with van der Waals surface area (Å²) in [6.45, 7) is 0.994. The van der Waals surface area contributed by atoms with Crippen molar-refractivity contribution in [3.63, 3.8) is 0 Å². The number of carbonyl (C=O) groups is 3. The molecule has 2 rings (SSSR count). The van der Waals surface area contributed by atoms with Gasteiger partial charge in [-0.2, -0.15) is 13.2 Å². The van der Waals surface area contributed by atoms with Crippen molar-refractivity contribution in [2.45, 2.75) is 37.8 Å². The smallest absolute Gasteiger partial charge is 0.298 e. The Labute approximate surface area is 119 Å². The summed E-state index contributed by atoms with van der Waals surface area (Å²) in [6, 6.07) is 4.29. The summed E-state index contributed by atoms with van der Waals surface area (Å²) >= 11 is 0. The van der Waals surface area contributed by atoms with Crippen LogP contribution in [0.1, 0.15) is 37.3 Å². The highest BCUT2D eigenvalue weighted by molar-refractivity contribution is 6.30. The molecule has 1 aromatic carbocycles. The molecule has 1 saturated carbocycles. The van der Waals surface area contributed by atoms with Crippen molar-refractivity contribution in [1.29, 1.82) is 0 Å². The van der Waals surface area contributed by atoms with Crippen LogP contribution in [0.15, 0.2) is 24.3 Å². The maximum absolute atomic E-state index is 13.2. The minimum absolute atomic E-state index is 0.0719. The van der Waals surface area contributed by atoms with Crippen LogP contribution in [-0.4, -0.2) is 17.3 Å². The van der Waals surface area contributed by atoms with Gasteiger partial charge < -0.3 is 0 Å². The van der Waals surface area contributed by atoms with Crippen LogP contribution >= 0.6 is 0 Å². The molecular weight excluding hydrogens is 285 g/mol. The monoisotopic (exact) mass is 298 g/mol. The second-order valence-corrected chi connectivity index (χ2v) is 5.05. The van der Waals surface area contributed by atoms with Crippen LogP contribution in [0.2, 0.25) is 0 Å². The zero-order valence-electron chi connectivity index (χ0n) is 11.3. The van der Waals surface area contributed by atoms with Crippen LogP contribution in [0.25, 0.3) is 0 Å². The summed E-state index contributed by atoms with van der Waals surface area (Å²) in [7, 11) is 0. The van der Waals surface area contributed by atoms with Crippen LogP contribution in [0.5, 0.6) is 0 Å². The molecule has 0 bridgehead atoms. The molecule has 0 heterocycles. The predicted molar refractivity (Wildman–Crippen MR) is 67.7 cm³/mol. The highest BCUT2D eigenvalue weighted by atomic mass is 19.4. The van der Waals surface area contributed by atoms with E-state index in [1.165, 1.54) is 6.07 Å². The van der Waals surface area contributed by atoms with E-state index in [2.05, 4.69) is 0 Å². The number of carbonyl (C=O) groups excluding carboxylic acids is 3. The summed E-state index contributed by atoms with van der Waals surface area (Å²) in [5.74, 6) is -2.35. The van der Waals surface area contributed by atoms with Gasteiger partial charge in [-0.25, -0.2) is 0 Å². The predicted octanol–water partition coefficient (Wildman–Crippen LogP) is 2.85. The molecular formula is C15H13F3O3. The lowest BCUT2D eigenvalue weighted by Crippen LogP contribution is -2.52. The van der Waals surface area contributed by atoms with Crippen LogP contribution in [-0.2, 0) is 26.0 Å². The largest absolute Gasteiger partial charge is 0.416 e. The number of hydrogen-bond acceptors (Lipinski definition) is 3. The van der Waals surface area contributed by atoms with E-state index < -0.39 is 40.1 Å². The molecule has 1 fully saturated rings. The fraction of sp³-hybridized carbons (Fsp3) is 0.400. The average Bonchev–Trinajstić information content (AvgIpc) is 2.38. The van der Waals surface area contributed by atoms with Crippen LogP contribution in [0.3, 0.4) is 0 Å². The van der Waals surface area contributed by atoms with Crippen molar-refractivity contribution in [1.82, 2.24) is 0 Å². The number of rotatable bonds is 2. The lowest BCUT2D eigenvalue weighted by atomic mass is 9.64. The average molecular weight is 298 g/mol. The van der Waals surface area contributed by atoms with Gasteiger partial charge in [0.15, 0.2) is 22.8 Å². The van der Waals surface area contributed by atoms with E-state index >= 15 is 0 Å². The summed E-state index contributed by atoms with van der Waals surface area (Å²) in [5.41, 5.74) is -3.95. The first-order valence-corrected chi connectivity index (χ1v) is 6.46. The zero-order chi connectivity index (χ0) is 15.8. The standard InChI is InChI=1S/C15H13F3O3/c1-9(19)14(12(20)7-4-8-13(14)21)10-5-2-3-6-11(10)15(16,17)18/h2-3,5-6H,4,7-8H2,1H3. The molecule has 0 spiro atoms. The number of hydrogen-bond donors (Lipinski definition) is 0. The van der Waals surface area contributed by atoms with E-state index in [1.54, 1.807) is 0 Å². The van der Waals surface area contributed by atoms with Crippen molar-refractivity contribution in [2.24, 2.45) is 0 Å². The SMILES string of the molecule is CC(=O)C1(c2ccccc2C(F)(F)F)C(=O)CCCC1=O. The lowest BCUT2D eigenvalue weighted by molar-refractivity contribution is -0.146. The Morgan fingerprint density at radius 1 is 1.10 bits per heavy atom. The summed E-state index contributed by atoms with van der Waals surface area (Å²) in [6.07, 6.45) is -4.62. The zero-order valence-corrected chi connectivity index (χ0v) is 11.3. The number of Topliss-reactive ketones (excluding diaryl/α,β-unsaturated/α-hetero) is 3.